The molecule has 0 spiro atoms. The van der Waals surface area contributed by atoms with E-state index in [1.54, 1.807) is 20.8 Å². The molecule has 0 heterocycles. The maximum Gasteiger partial charge on any atom is 0.339 e. The number of hydrogen-bond acceptors (Lipinski definition) is 5. The first-order valence-electron chi connectivity index (χ1n) is 7.42. The largest absolute Gasteiger partial charge is 0.506 e. The average molecular weight is 427 g/mol. The number of aromatic hydroxyl groups is 1. The van der Waals surface area contributed by atoms with E-state index < -0.39 is 5.97 Å². The fourth-order valence-corrected chi connectivity index (χ4v) is 3.64. The minimum Gasteiger partial charge on any atom is -0.506 e. The molecule has 1 aliphatic rings. The van der Waals surface area contributed by atoms with Gasteiger partial charge in [-0.05, 0) is 59.5 Å². The van der Waals surface area contributed by atoms with Crippen molar-refractivity contribution in [2.24, 2.45) is 0 Å². The van der Waals surface area contributed by atoms with Crippen LogP contribution in [0.4, 0.5) is 0 Å². The van der Waals surface area contributed by atoms with Crippen LogP contribution in [0.2, 0.25) is 0 Å². The number of rotatable bonds is 3. The lowest BCUT2D eigenvalue weighted by Gasteiger charge is -2.27. The molecule has 0 aliphatic heterocycles. The highest BCUT2D eigenvalue weighted by Crippen LogP contribution is 2.46. The second kappa shape index (κ2) is 8.66. The van der Waals surface area contributed by atoms with Crippen molar-refractivity contribution in [1.29, 1.82) is 0 Å². The Morgan fingerprint density at radius 3 is 2.23 bits per heavy atom. The lowest BCUT2D eigenvalue weighted by atomic mass is 9.81. The van der Waals surface area contributed by atoms with Crippen LogP contribution < -0.4 is 0 Å². The molecular formula is C18H19BrO7. The molecule has 3 N–H and O–H groups in total. The first kappa shape index (κ1) is 21.4. The van der Waals surface area contributed by atoms with Gasteiger partial charge in [0.1, 0.15) is 17.1 Å². The van der Waals surface area contributed by atoms with Gasteiger partial charge in [-0.1, -0.05) is 5.57 Å². The number of phenols is 1. The van der Waals surface area contributed by atoms with Gasteiger partial charge in [0, 0.05) is 6.08 Å². The second-order valence-corrected chi connectivity index (χ2v) is 6.38. The summed E-state index contributed by atoms with van der Waals surface area (Å²) in [6.45, 7) is 4.99. The van der Waals surface area contributed by atoms with Crippen LogP contribution in [0.5, 0.6) is 5.75 Å². The van der Waals surface area contributed by atoms with E-state index >= 15 is 0 Å². The number of allylic oxidation sites excluding steroid dienone is 3. The molecular weight excluding hydrogens is 408 g/mol. The third-order valence-electron chi connectivity index (χ3n) is 4.16. The Labute approximate surface area is 158 Å². The minimum absolute atomic E-state index is 0.130. The Kier molecular flexibility index (Phi) is 7.14. The molecule has 2 rings (SSSR count). The summed E-state index contributed by atoms with van der Waals surface area (Å²) in [6, 6.07) is 0. The van der Waals surface area contributed by atoms with Gasteiger partial charge in [0.15, 0.2) is 5.78 Å². The molecule has 0 aromatic heterocycles. The van der Waals surface area contributed by atoms with Crippen molar-refractivity contribution in [1.82, 2.24) is 0 Å². The molecule has 7 nitrogen and oxygen atoms in total. The number of aromatic carboxylic acids is 1. The number of carboxylic acid groups (broad SMARTS) is 2. The first-order chi connectivity index (χ1) is 12.1. The third kappa shape index (κ3) is 3.96. The molecule has 8 heteroatoms. The monoisotopic (exact) mass is 426 g/mol. The molecule has 1 aromatic carbocycles. The van der Waals surface area contributed by atoms with E-state index in [1.807, 2.05) is 0 Å². The van der Waals surface area contributed by atoms with Gasteiger partial charge in [0.25, 0.3) is 6.47 Å². The van der Waals surface area contributed by atoms with Crippen LogP contribution in [0.25, 0.3) is 0 Å². The van der Waals surface area contributed by atoms with Crippen molar-refractivity contribution in [3.63, 3.8) is 0 Å². The minimum atomic E-state index is -1.19. The van der Waals surface area contributed by atoms with Gasteiger partial charge in [-0.25, -0.2) is 4.79 Å². The lowest BCUT2D eigenvalue weighted by Crippen LogP contribution is -2.16. The molecule has 0 bridgehead atoms. The number of halogens is 1. The van der Waals surface area contributed by atoms with Gasteiger partial charge in [0.2, 0.25) is 0 Å². The molecule has 1 aliphatic carbocycles. The van der Waals surface area contributed by atoms with E-state index in [0.717, 1.165) is 11.1 Å². The highest BCUT2D eigenvalue weighted by Gasteiger charge is 2.32. The summed E-state index contributed by atoms with van der Waals surface area (Å²) >= 11 is 3.31. The van der Waals surface area contributed by atoms with Crippen molar-refractivity contribution in [2.75, 3.05) is 7.11 Å². The predicted molar refractivity (Wildman–Crippen MR) is 97.5 cm³/mol. The van der Waals surface area contributed by atoms with E-state index in [1.165, 1.54) is 19.3 Å². The molecule has 1 atom stereocenters. The maximum absolute atomic E-state index is 11.7. The number of carboxylic acids is 1. The van der Waals surface area contributed by atoms with Crippen LogP contribution in [-0.2, 0) is 14.3 Å². The molecule has 140 valence electrons. The van der Waals surface area contributed by atoms with Crippen LogP contribution >= 0.6 is 15.9 Å². The van der Waals surface area contributed by atoms with Crippen molar-refractivity contribution in [3.05, 3.63) is 50.2 Å². The molecule has 1 unspecified atom stereocenters. The van der Waals surface area contributed by atoms with Gasteiger partial charge >= 0.3 is 5.97 Å². The molecule has 1 aromatic rings. The van der Waals surface area contributed by atoms with Crippen molar-refractivity contribution >= 4 is 34.2 Å². The summed E-state index contributed by atoms with van der Waals surface area (Å²) in [6.07, 6.45) is 2.91. The van der Waals surface area contributed by atoms with E-state index in [9.17, 15) is 19.8 Å². The standard InChI is InChI=1S/C17H17BrO5.CH2O2/c1-7-5-10(19)6-11(23-4)12(7)13-8(2)9(3)14(17(21)22)16(20)15(13)18;2-1-3/h5-6,12,20H,1-4H3,(H,21,22);1H,(H,2,3). The van der Waals surface area contributed by atoms with Crippen molar-refractivity contribution in [2.45, 2.75) is 26.7 Å². The number of methoxy groups -OCH3 is 1. The van der Waals surface area contributed by atoms with E-state index in [0.29, 0.717) is 21.4 Å². The Hall–Kier alpha value is -2.61. The normalized spacial score (nSPS) is 16.0. The van der Waals surface area contributed by atoms with Gasteiger partial charge < -0.3 is 20.1 Å². The Morgan fingerprint density at radius 2 is 1.77 bits per heavy atom. The number of ether oxygens (including phenoxy) is 1. The second-order valence-electron chi connectivity index (χ2n) is 5.59. The fraction of sp³-hybridized carbons (Fsp3) is 0.278. The van der Waals surface area contributed by atoms with Crippen LogP contribution in [0.3, 0.4) is 0 Å². The van der Waals surface area contributed by atoms with Gasteiger partial charge in [-0.15, -0.1) is 0 Å². The fourth-order valence-electron chi connectivity index (χ4n) is 2.92. The third-order valence-corrected chi connectivity index (χ3v) is 4.96. The molecule has 0 amide bonds. The SMILES string of the molecule is COC1=CC(=O)C=C(C)C1c1c(C)c(C)c(C(=O)O)c(O)c1Br.O=CO. The number of benzene rings is 1. The van der Waals surface area contributed by atoms with E-state index in [-0.39, 0.29) is 29.5 Å². The summed E-state index contributed by atoms with van der Waals surface area (Å²) in [5.74, 6) is -1.58. The first-order valence-corrected chi connectivity index (χ1v) is 8.21. The van der Waals surface area contributed by atoms with Crippen molar-refractivity contribution < 1.29 is 34.4 Å². The number of hydrogen-bond donors (Lipinski definition) is 3. The Bertz CT molecular complexity index is 792. The van der Waals surface area contributed by atoms with Crippen LogP contribution in [0.15, 0.2) is 28.0 Å². The quantitative estimate of drug-likeness (QED) is 0.633. The van der Waals surface area contributed by atoms with Crippen LogP contribution in [0, 0.1) is 13.8 Å². The summed E-state index contributed by atoms with van der Waals surface area (Å²) in [5, 5.41) is 26.5. The average Bonchev–Trinajstić information content (AvgIpc) is 2.55. The van der Waals surface area contributed by atoms with Crippen LogP contribution in [-0.4, -0.2) is 40.7 Å². The number of carbonyl (C=O) groups excluding carboxylic acids is 1. The summed E-state index contributed by atoms with van der Waals surface area (Å²) < 4.78 is 5.65. The van der Waals surface area contributed by atoms with Gasteiger partial charge in [-0.2, -0.15) is 0 Å². The Balaban J connectivity index is 0.00000105. The summed E-state index contributed by atoms with van der Waals surface area (Å²) in [7, 11) is 1.48. The van der Waals surface area contributed by atoms with E-state index in [2.05, 4.69) is 15.9 Å². The molecule has 0 fully saturated rings. The summed E-state index contributed by atoms with van der Waals surface area (Å²) in [5.41, 5.74) is 2.53. The van der Waals surface area contributed by atoms with Crippen molar-refractivity contribution in [3.8, 4) is 5.75 Å². The maximum atomic E-state index is 11.7. The predicted octanol–water partition coefficient (Wildman–Crippen LogP) is 3.31. The topological polar surface area (TPSA) is 121 Å². The smallest absolute Gasteiger partial charge is 0.339 e. The zero-order valence-electron chi connectivity index (χ0n) is 14.7. The van der Waals surface area contributed by atoms with Gasteiger partial charge in [-0.3, -0.25) is 9.59 Å². The highest BCUT2D eigenvalue weighted by molar-refractivity contribution is 9.10. The lowest BCUT2D eigenvalue weighted by molar-refractivity contribution is -0.122. The zero-order chi connectivity index (χ0) is 20.2. The van der Waals surface area contributed by atoms with Crippen LogP contribution in [0.1, 0.15) is 39.9 Å². The number of carbonyl (C=O) groups is 3. The van der Waals surface area contributed by atoms with Gasteiger partial charge in [0.05, 0.1) is 17.5 Å². The molecule has 26 heavy (non-hydrogen) atoms. The highest BCUT2D eigenvalue weighted by atomic mass is 79.9. The number of ketones is 1. The molecule has 0 radical (unpaired) electrons. The summed E-state index contributed by atoms with van der Waals surface area (Å²) in [4.78, 5) is 31.4. The molecule has 0 saturated heterocycles. The zero-order valence-corrected chi connectivity index (χ0v) is 16.2. The Morgan fingerprint density at radius 1 is 1.23 bits per heavy atom. The molecule has 0 saturated carbocycles. The van der Waals surface area contributed by atoms with E-state index in [4.69, 9.17) is 14.6 Å².